The minimum atomic E-state index is 0.747. The normalized spacial score (nSPS) is 16.3. The van der Waals surface area contributed by atoms with Crippen molar-refractivity contribution >= 4 is 0 Å². The SMILES string of the molecule is CCCCOc1c(CN2CCN(CCCN)CC2)cccc1OC. The van der Waals surface area contributed by atoms with E-state index >= 15 is 0 Å². The Morgan fingerprint density at radius 2 is 1.83 bits per heavy atom. The molecule has 1 fully saturated rings. The van der Waals surface area contributed by atoms with Crippen LogP contribution in [0.15, 0.2) is 18.2 Å². The Morgan fingerprint density at radius 1 is 1.08 bits per heavy atom. The van der Waals surface area contributed by atoms with Gasteiger partial charge in [0.2, 0.25) is 0 Å². The fraction of sp³-hybridized carbons (Fsp3) is 0.684. The third-order valence-corrected chi connectivity index (χ3v) is 4.56. The van der Waals surface area contributed by atoms with Crippen molar-refractivity contribution < 1.29 is 9.47 Å². The molecular formula is C19H33N3O2. The van der Waals surface area contributed by atoms with Crippen LogP contribution in [0.5, 0.6) is 11.5 Å². The number of unbranched alkanes of at least 4 members (excludes halogenated alkanes) is 1. The van der Waals surface area contributed by atoms with E-state index in [-0.39, 0.29) is 0 Å². The Labute approximate surface area is 146 Å². The number of methoxy groups -OCH3 is 1. The third kappa shape index (κ3) is 5.65. The molecule has 0 saturated carbocycles. The summed E-state index contributed by atoms with van der Waals surface area (Å²) in [6.07, 6.45) is 3.29. The summed E-state index contributed by atoms with van der Waals surface area (Å²) in [6, 6.07) is 6.19. The average Bonchev–Trinajstić information content (AvgIpc) is 2.62. The molecule has 0 bridgehead atoms. The van der Waals surface area contributed by atoms with Gasteiger partial charge in [0.05, 0.1) is 13.7 Å². The van der Waals surface area contributed by atoms with Crippen LogP contribution in [0.25, 0.3) is 0 Å². The first-order valence-corrected chi connectivity index (χ1v) is 9.22. The molecule has 0 amide bonds. The van der Waals surface area contributed by atoms with Crippen molar-refractivity contribution in [2.45, 2.75) is 32.7 Å². The molecule has 1 aliphatic rings. The standard InChI is InChI=1S/C19H33N3O2/c1-3-4-15-24-19-17(7-5-8-18(19)23-2)16-22-13-11-21(12-14-22)10-6-9-20/h5,7-8H,3-4,6,9-16,20H2,1-2H3. The number of piperazine rings is 1. The molecule has 136 valence electrons. The summed E-state index contributed by atoms with van der Waals surface area (Å²) < 4.78 is 11.5. The highest BCUT2D eigenvalue weighted by molar-refractivity contribution is 5.46. The molecule has 2 rings (SSSR count). The summed E-state index contributed by atoms with van der Waals surface area (Å²) >= 11 is 0. The van der Waals surface area contributed by atoms with Gasteiger partial charge < -0.3 is 20.1 Å². The quantitative estimate of drug-likeness (QED) is 0.665. The maximum absolute atomic E-state index is 6.04. The van der Waals surface area contributed by atoms with Crippen LogP contribution in [0, 0.1) is 0 Å². The highest BCUT2D eigenvalue weighted by Gasteiger charge is 2.19. The molecule has 5 nitrogen and oxygen atoms in total. The Hall–Kier alpha value is -1.30. The fourth-order valence-corrected chi connectivity index (χ4v) is 3.06. The van der Waals surface area contributed by atoms with Crippen LogP contribution in [-0.4, -0.2) is 62.8 Å². The lowest BCUT2D eigenvalue weighted by Gasteiger charge is -2.35. The first-order valence-electron chi connectivity index (χ1n) is 9.22. The lowest BCUT2D eigenvalue weighted by molar-refractivity contribution is 0.125. The monoisotopic (exact) mass is 335 g/mol. The van der Waals surface area contributed by atoms with Gasteiger partial charge in [-0.2, -0.15) is 0 Å². The van der Waals surface area contributed by atoms with Gasteiger partial charge in [-0.25, -0.2) is 0 Å². The number of hydrogen-bond donors (Lipinski definition) is 1. The molecule has 0 aliphatic carbocycles. The number of nitrogens with two attached hydrogens (primary N) is 1. The fourth-order valence-electron chi connectivity index (χ4n) is 3.06. The van der Waals surface area contributed by atoms with Crippen molar-refractivity contribution in [2.75, 3.05) is 53.0 Å². The minimum Gasteiger partial charge on any atom is -0.493 e. The first kappa shape index (κ1) is 19.0. The van der Waals surface area contributed by atoms with Gasteiger partial charge in [0.25, 0.3) is 0 Å². The Morgan fingerprint density at radius 3 is 2.50 bits per heavy atom. The van der Waals surface area contributed by atoms with Gasteiger partial charge in [-0.3, -0.25) is 4.90 Å². The second-order valence-corrected chi connectivity index (χ2v) is 6.41. The summed E-state index contributed by atoms with van der Waals surface area (Å²) in [7, 11) is 1.71. The van der Waals surface area contributed by atoms with Crippen molar-refractivity contribution in [1.29, 1.82) is 0 Å². The van der Waals surface area contributed by atoms with E-state index in [2.05, 4.69) is 28.9 Å². The third-order valence-electron chi connectivity index (χ3n) is 4.56. The number of rotatable bonds is 10. The molecule has 0 atom stereocenters. The second kappa shape index (κ2) is 10.5. The zero-order chi connectivity index (χ0) is 17.2. The lowest BCUT2D eigenvalue weighted by atomic mass is 10.1. The molecule has 24 heavy (non-hydrogen) atoms. The van der Waals surface area contributed by atoms with E-state index in [0.717, 1.165) is 83.2 Å². The molecule has 1 aromatic carbocycles. The van der Waals surface area contributed by atoms with Crippen LogP contribution >= 0.6 is 0 Å². The van der Waals surface area contributed by atoms with Gasteiger partial charge in [-0.1, -0.05) is 25.5 Å². The summed E-state index contributed by atoms with van der Waals surface area (Å²) in [5, 5.41) is 0. The largest absolute Gasteiger partial charge is 0.493 e. The highest BCUT2D eigenvalue weighted by Crippen LogP contribution is 2.32. The van der Waals surface area contributed by atoms with Crippen LogP contribution in [0.1, 0.15) is 31.7 Å². The Kier molecular flexibility index (Phi) is 8.36. The maximum atomic E-state index is 6.04. The Balaban J connectivity index is 1.94. The van der Waals surface area contributed by atoms with Gasteiger partial charge in [-0.05, 0) is 32.0 Å². The predicted octanol–water partition coefficient (Wildman–Crippen LogP) is 2.34. The molecular weight excluding hydrogens is 302 g/mol. The van der Waals surface area contributed by atoms with Crippen LogP contribution in [-0.2, 0) is 6.54 Å². The topological polar surface area (TPSA) is 51.0 Å². The number of benzene rings is 1. The van der Waals surface area contributed by atoms with Crippen molar-refractivity contribution in [3.63, 3.8) is 0 Å². The van der Waals surface area contributed by atoms with Crippen LogP contribution in [0.3, 0.4) is 0 Å². The van der Waals surface area contributed by atoms with Gasteiger partial charge in [-0.15, -0.1) is 0 Å². The van der Waals surface area contributed by atoms with Crippen LogP contribution in [0.2, 0.25) is 0 Å². The smallest absolute Gasteiger partial charge is 0.165 e. The number of ether oxygens (including phenoxy) is 2. The highest BCUT2D eigenvalue weighted by atomic mass is 16.5. The molecule has 1 heterocycles. The zero-order valence-electron chi connectivity index (χ0n) is 15.3. The summed E-state index contributed by atoms with van der Waals surface area (Å²) in [5.74, 6) is 1.75. The lowest BCUT2D eigenvalue weighted by Crippen LogP contribution is -2.46. The van der Waals surface area contributed by atoms with E-state index in [4.69, 9.17) is 15.2 Å². The maximum Gasteiger partial charge on any atom is 0.165 e. The molecule has 1 saturated heterocycles. The van der Waals surface area contributed by atoms with E-state index in [0.29, 0.717) is 0 Å². The second-order valence-electron chi connectivity index (χ2n) is 6.41. The Bertz CT molecular complexity index is 474. The number of para-hydroxylation sites is 1. The van der Waals surface area contributed by atoms with E-state index in [1.807, 2.05) is 6.07 Å². The molecule has 0 radical (unpaired) electrons. The number of nitrogens with zero attached hydrogens (tertiary/aromatic N) is 2. The van der Waals surface area contributed by atoms with E-state index in [9.17, 15) is 0 Å². The summed E-state index contributed by atoms with van der Waals surface area (Å²) in [4.78, 5) is 5.01. The molecule has 5 heteroatoms. The molecule has 1 aliphatic heterocycles. The minimum absolute atomic E-state index is 0.747. The van der Waals surface area contributed by atoms with Crippen LogP contribution < -0.4 is 15.2 Å². The molecule has 0 aromatic heterocycles. The molecule has 1 aromatic rings. The van der Waals surface area contributed by atoms with E-state index in [1.165, 1.54) is 5.56 Å². The van der Waals surface area contributed by atoms with Gasteiger partial charge in [0.15, 0.2) is 11.5 Å². The van der Waals surface area contributed by atoms with Crippen LogP contribution in [0.4, 0.5) is 0 Å². The number of hydrogen-bond acceptors (Lipinski definition) is 5. The van der Waals surface area contributed by atoms with Crippen molar-refractivity contribution in [1.82, 2.24) is 9.80 Å². The molecule has 0 spiro atoms. The van der Waals surface area contributed by atoms with Gasteiger partial charge in [0, 0.05) is 38.3 Å². The van der Waals surface area contributed by atoms with E-state index < -0.39 is 0 Å². The van der Waals surface area contributed by atoms with E-state index in [1.54, 1.807) is 7.11 Å². The van der Waals surface area contributed by atoms with Gasteiger partial charge >= 0.3 is 0 Å². The zero-order valence-corrected chi connectivity index (χ0v) is 15.3. The van der Waals surface area contributed by atoms with Crippen molar-refractivity contribution in [3.05, 3.63) is 23.8 Å². The van der Waals surface area contributed by atoms with Gasteiger partial charge in [0.1, 0.15) is 0 Å². The predicted molar refractivity (Wildman–Crippen MR) is 98.8 cm³/mol. The molecule has 2 N–H and O–H groups in total. The molecule has 0 unspecified atom stereocenters. The van der Waals surface area contributed by atoms with Crippen molar-refractivity contribution in [2.24, 2.45) is 5.73 Å². The first-order chi connectivity index (χ1) is 11.8. The van der Waals surface area contributed by atoms with Crippen molar-refractivity contribution in [3.8, 4) is 11.5 Å². The summed E-state index contributed by atoms with van der Waals surface area (Å²) in [6.45, 7) is 10.2. The summed E-state index contributed by atoms with van der Waals surface area (Å²) in [5.41, 5.74) is 6.83. The average molecular weight is 335 g/mol.